The van der Waals surface area contributed by atoms with Gasteiger partial charge in [-0.15, -0.1) is 0 Å². The van der Waals surface area contributed by atoms with Crippen molar-refractivity contribution < 1.29 is 20.1 Å². The smallest absolute Gasteiger partial charge is 0.282 e. The van der Waals surface area contributed by atoms with Gasteiger partial charge in [-0.3, -0.25) is 13.9 Å². The van der Waals surface area contributed by atoms with Gasteiger partial charge >= 0.3 is 0 Å². The fourth-order valence-electron chi connectivity index (χ4n) is 2.55. The summed E-state index contributed by atoms with van der Waals surface area (Å²) in [7, 11) is 1.57. The molecule has 0 spiro atoms. The highest BCUT2D eigenvalue weighted by Gasteiger charge is 2.40. The standard InChI is InChI=1S/C12H17N5O5S/c1-16-9(21)5-8(15-12(16)23-2)17(11(13)14-5)10-7(20)6(19)4(18)3-22-10/h4,6-7,10,18-20H,3H2,1-2H3,(H2,13,14). The van der Waals surface area contributed by atoms with Crippen molar-refractivity contribution in [2.45, 2.75) is 29.7 Å². The first-order valence-electron chi connectivity index (χ1n) is 6.81. The number of nitrogen functional groups attached to an aromatic ring is 1. The van der Waals surface area contributed by atoms with Crippen molar-refractivity contribution in [2.24, 2.45) is 7.05 Å². The molecule has 0 bridgehead atoms. The molecule has 0 aliphatic carbocycles. The zero-order valence-electron chi connectivity index (χ0n) is 12.4. The Morgan fingerprint density at radius 2 is 2.00 bits per heavy atom. The van der Waals surface area contributed by atoms with Crippen LogP contribution in [0.4, 0.5) is 5.95 Å². The molecule has 4 atom stereocenters. The third-order valence-corrected chi connectivity index (χ3v) is 4.55. The molecule has 1 aliphatic rings. The first kappa shape index (κ1) is 16.2. The summed E-state index contributed by atoms with van der Waals surface area (Å²) in [6.45, 7) is -0.192. The molecule has 1 saturated heterocycles. The minimum Gasteiger partial charge on any atom is -0.388 e. The van der Waals surface area contributed by atoms with Crippen LogP contribution in [0, 0.1) is 0 Å². The van der Waals surface area contributed by atoms with E-state index in [2.05, 4.69) is 9.97 Å². The van der Waals surface area contributed by atoms with Crippen LogP contribution in [0.15, 0.2) is 9.95 Å². The summed E-state index contributed by atoms with van der Waals surface area (Å²) in [6, 6.07) is 0. The van der Waals surface area contributed by atoms with Crippen LogP contribution in [0.2, 0.25) is 0 Å². The van der Waals surface area contributed by atoms with Crippen LogP contribution >= 0.6 is 11.8 Å². The van der Waals surface area contributed by atoms with Gasteiger partial charge in [-0.05, 0) is 6.26 Å². The summed E-state index contributed by atoms with van der Waals surface area (Å²) in [4.78, 5) is 20.7. The largest absolute Gasteiger partial charge is 0.388 e. The Hall–Kier alpha value is -1.66. The van der Waals surface area contributed by atoms with Crippen LogP contribution in [0.25, 0.3) is 11.2 Å². The number of rotatable bonds is 2. The number of imidazole rings is 1. The Morgan fingerprint density at radius 1 is 1.30 bits per heavy atom. The summed E-state index contributed by atoms with van der Waals surface area (Å²) in [5, 5.41) is 30.0. The lowest BCUT2D eigenvalue weighted by Gasteiger charge is -2.36. The first-order valence-corrected chi connectivity index (χ1v) is 8.03. The van der Waals surface area contributed by atoms with Gasteiger partial charge in [0.25, 0.3) is 5.56 Å². The number of aliphatic hydroxyl groups excluding tert-OH is 3. The summed E-state index contributed by atoms with van der Waals surface area (Å²) >= 11 is 1.27. The molecule has 1 aliphatic heterocycles. The summed E-state index contributed by atoms with van der Waals surface area (Å²) in [5.74, 6) is -0.0736. The van der Waals surface area contributed by atoms with E-state index in [9.17, 15) is 20.1 Å². The van der Waals surface area contributed by atoms with Crippen molar-refractivity contribution in [1.29, 1.82) is 0 Å². The van der Waals surface area contributed by atoms with Crippen molar-refractivity contribution in [2.75, 3.05) is 18.6 Å². The van der Waals surface area contributed by atoms with Crippen molar-refractivity contribution in [3.05, 3.63) is 10.4 Å². The first-order chi connectivity index (χ1) is 10.9. The van der Waals surface area contributed by atoms with Gasteiger partial charge < -0.3 is 25.8 Å². The number of hydrogen-bond donors (Lipinski definition) is 4. The lowest BCUT2D eigenvalue weighted by atomic mass is 10.0. The van der Waals surface area contributed by atoms with E-state index < -0.39 is 24.5 Å². The van der Waals surface area contributed by atoms with Crippen molar-refractivity contribution in [1.82, 2.24) is 19.1 Å². The predicted molar refractivity (Wildman–Crippen MR) is 82.0 cm³/mol. The van der Waals surface area contributed by atoms with E-state index in [1.165, 1.54) is 20.9 Å². The van der Waals surface area contributed by atoms with Gasteiger partial charge in [0.05, 0.1) is 6.61 Å². The Kier molecular flexibility index (Phi) is 4.06. The molecule has 11 heteroatoms. The molecule has 0 amide bonds. The van der Waals surface area contributed by atoms with Crippen LogP contribution in [0.5, 0.6) is 0 Å². The normalized spacial score (nSPS) is 28.4. The second-order valence-electron chi connectivity index (χ2n) is 5.25. The molecule has 10 nitrogen and oxygen atoms in total. The highest BCUT2D eigenvalue weighted by Crippen LogP contribution is 2.29. The van der Waals surface area contributed by atoms with E-state index >= 15 is 0 Å². The van der Waals surface area contributed by atoms with Crippen LogP contribution < -0.4 is 11.3 Å². The molecule has 2 aromatic heterocycles. The fraction of sp³-hybridized carbons (Fsp3) is 0.583. The zero-order chi connectivity index (χ0) is 16.9. The molecule has 126 valence electrons. The Morgan fingerprint density at radius 3 is 2.65 bits per heavy atom. The highest BCUT2D eigenvalue weighted by molar-refractivity contribution is 7.98. The second-order valence-corrected chi connectivity index (χ2v) is 6.02. The van der Waals surface area contributed by atoms with Crippen LogP contribution in [0.1, 0.15) is 6.23 Å². The number of fused-ring (bicyclic) bond motifs is 1. The quantitative estimate of drug-likeness (QED) is 0.360. The molecule has 3 rings (SSSR count). The molecule has 0 saturated carbocycles. The molecule has 2 aromatic rings. The average molecular weight is 343 g/mol. The van der Waals surface area contributed by atoms with E-state index in [0.717, 1.165) is 0 Å². The van der Waals surface area contributed by atoms with E-state index in [1.807, 2.05) is 0 Å². The Labute approximate surface area is 134 Å². The number of ether oxygens (including phenoxy) is 1. The van der Waals surface area contributed by atoms with Crippen molar-refractivity contribution >= 4 is 28.9 Å². The minimum atomic E-state index is -1.44. The Bertz CT molecular complexity index is 805. The topological polar surface area (TPSA) is 149 Å². The van der Waals surface area contributed by atoms with Crippen molar-refractivity contribution in [3.63, 3.8) is 0 Å². The molecule has 3 heterocycles. The van der Waals surface area contributed by atoms with E-state index in [0.29, 0.717) is 5.16 Å². The van der Waals surface area contributed by atoms with Gasteiger partial charge in [0.1, 0.15) is 18.3 Å². The molecule has 0 aromatic carbocycles. The summed E-state index contributed by atoms with van der Waals surface area (Å²) in [6.07, 6.45) is -3.39. The molecule has 4 unspecified atom stereocenters. The van der Waals surface area contributed by atoms with Crippen LogP contribution in [-0.4, -0.2) is 65.6 Å². The van der Waals surface area contributed by atoms with Gasteiger partial charge in [-0.1, -0.05) is 11.8 Å². The monoisotopic (exact) mass is 343 g/mol. The number of nitrogens with zero attached hydrogens (tertiary/aromatic N) is 4. The predicted octanol–water partition coefficient (Wildman–Crippen LogP) is -1.95. The molecule has 1 fully saturated rings. The van der Waals surface area contributed by atoms with Gasteiger partial charge in [0, 0.05) is 7.05 Å². The van der Waals surface area contributed by atoms with Gasteiger partial charge in [0.15, 0.2) is 22.5 Å². The van der Waals surface area contributed by atoms with Crippen LogP contribution in [-0.2, 0) is 11.8 Å². The van der Waals surface area contributed by atoms with Gasteiger partial charge in [0.2, 0.25) is 5.95 Å². The maximum Gasteiger partial charge on any atom is 0.282 e. The highest BCUT2D eigenvalue weighted by atomic mass is 32.2. The number of nitrogens with two attached hydrogens (primary N) is 1. The zero-order valence-corrected chi connectivity index (χ0v) is 13.3. The maximum absolute atomic E-state index is 12.3. The minimum absolute atomic E-state index is 0.0409. The number of hydrogen-bond acceptors (Lipinski definition) is 9. The van der Waals surface area contributed by atoms with Gasteiger partial charge in [-0.2, -0.15) is 0 Å². The van der Waals surface area contributed by atoms with E-state index in [-0.39, 0.29) is 29.3 Å². The number of aromatic nitrogens is 4. The molecular weight excluding hydrogens is 326 g/mol. The fourth-order valence-corrected chi connectivity index (χ4v) is 3.09. The third kappa shape index (κ3) is 2.40. The lowest BCUT2D eigenvalue weighted by Crippen LogP contribution is -2.50. The lowest BCUT2D eigenvalue weighted by molar-refractivity contribution is -0.209. The molecule has 23 heavy (non-hydrogen) atoms. The van der Waals surface area contributed by atoms with E-state index in [4.69, 9.17) is 10.5 Å². The average Bonchev–Trinajstić information content (AvgIpc) is 2.85. The maximum atomic E-state index is 12.3. The Balaban J connectivity index is 2.20. The molecule has 5 N–H and O–H groups in total. The van der Waals surface area contributed by atoms with Crippen molar-refractivity contribution in [3.8, 4) is 0 Å². The second kappa shape index (κ2) is 5.76. The number of thioether (sulfide) groups is 1. The van der Waals surface area contributed by atoms with Crippen LogP contribution in [0.3, 0.4) is 0 Å². The third-order valence-electron chi connectivity index (χ3n) is 3.82. The summed E-state index contributed by atoms with van der Waals surface area (Å²) in [5.41, 5.74) is 5.68. The SMILES string of the molecule is CSc1nc2c(nc(N)n2C2OCC(O)C(O)C2O)c(=O)n1C. The summed E-state index contributed by atoms with van der Waals surface area (Å²) < 4.78 is 7.99. The number of anilines is 1. The molecule has 0 radical (unpaired) electrons. The van der Waals surface area contributed by atoms with E-state index in [1.54, 1.807) is 13.3 Å². The number of aliphatic hydroxyl groups is 3. The molecular formula is C12H17N5O5S. The van der Waals surface area contributed by atoms with Gasteiger partial charge in [-0.25, -0.2) is 9.97 Å².